The van der Waals surface area contributed by atoms with Crippen LogP contribution < -0.4 is 10.5 Å². The quantitative estimate of drug-likeness (QED) is 0.855. The Morgan fingerprint density at radius 2 is 1.82 bits per heavy atom. The number of hydrogen-bond acceptors (Lipinski definition) is 4. The predicted molar refractivity (Wildman–Crippen MR) is 83.1 cm³/mol. The van der Waals surface area contributed by atoms with E-state index in [4.69, 9.17) is 10.5 Å². The highest BCUT2D eigenvalue weighted by Gasteiger charge is 2.21. The van der Waals surface area contributed by atoms with Crippen molar-refractivity contribution >= 4 is 21.8 Å². The summed E-state index contributed by atoms with van der Waals surface area (Å²) >= 11 is 0. The van der Waals surface area contributed by atoms with Gasteiger partial charge in [-0.15, -0.1) is 0 Å². The monoisotopic (exact) mass is 317 g/mol. The van der Waals surface area contributed by atoms with Gasteiger partial charge in [-0.2, -0.15) is 0 Å². The van der Waals surface area contributed by atoms with E-state index in [0.717, 1.165) is 6.08 Å². The van der Waals surface area contributed by atoms with Gasteiger partial charge in [0.15, 0.2) is 0 Å². The van der Waals surface area contributed by atoms with Crippen LogP contribution in [0.3, 0.4) is 0 Å². The summed E-state index contributed by atoms with van der Waals surface area (Å²) in [5.74, 6) is -0.246. The van der Waals surface area contributed by atoms with Crippen LogP contribution in [-0.2, 0) is 14.6 Å². The Kier molecular flexibility index (Phi) is 4.62. The molecule has 2 N–H and O–H groups in total. The number of nitrogens with two attached hydrogens (primary N) is 1. The zero-order chi connectivity index (χ0) is 16.2. The molecule has 5 nitrogen and oxygen atoms in total. The second-order valence-corrected chi connectivity index (χ2v) is 6.37. The lowest BCUT2D eigenvalue weighted by molar-refractivity contribution is -0.113. The predicted octanol–water partition coefficient (Wildman–Crippen LogP) is 2.03. The number of benzene rings is 2. The van der Waals surface area contributed by atoms with Gasteiger partial charge in [0.1, 0.15) is 5.75 Å². The average Bonchev–Trinajstić information content (AvgIpc) is 2.53. The van der Waals surface area contributed by atoms with Crippen LogP contribution in [0.4, 0.5) is 0 Å². The number of carbonyl (C=O) groups is 1. The van der Waals surface area contributed by atoms with Gasteiger partial charge >= 0.3 is 0 Å². The molecule has 2 aromatic carbocycles. The first-order valence-electron chi connectivity index (χ1n) is 6.41. The van der Waals surface area contributed by atoms with E-state index in [1.54, 1.807) is 30.3 Å². The van der Waals surface area contributed by atoms with Gasteiger partial charge in [-0.3, -0.25) is 4.79 Å². The first-order valence-corrected chi connectivity index (χ1v) is 7.89. The largest absolute Gasteiger partial charge is 0.497 e. The van der Waals surface area contributed by atoms with E-state index in [0.29, 0.717) is 11.3 Å². The van der Waals surface area contributed by atoms with Gasteiger partial charge in [-0.05, 0) is 42.0 Å². The maximum Gasteiger partial charge on any atom is 0.241 e. The molecule has 1 amide bonds. The SMILES string of the molecule is COc1ccc(/C=C\C(N)=O)c(S(=O)(=O)c2ccccc2)c1. The summed E-state index contributed by atoms with van der Waals surface area (Å²) in [5.41, 5.74) is 5.43. The summed E-state index contributed by atoms with van der Waals surface area (Å²) in [6, 6.07) is 12.6. The van der Waals surface area contributed by atoms with Crippen LogP contribution in [0.2, 0.25) is 0 Å². The lowest BCUT2D eigenvalue weighted by Crippen LogP contribution is -2.07. The van der Waals surface area contributed by atoms with Crippen molar-refractivity contribution in [2.45, 2.75) is 9.79 Å². The van der Waals surface area contributed by atoms with Gasteiger partial charge in [-0.1, -0.05) is 18.2 Å². The van der Waals surface area contributed by atoms with Crippen LogP contribution >= 0.6 is 0 Å². The molecular formula is C16H15NO4S. The third-order valence-electron chi connectivity index (χ3n) is 2.99. The molecule has 0 unspecified atom stereocenters. The summed E-state index contributed by atoms with van der Waals surface area (Å²) in [4.78, 5) is 11.1. The lowest BCUT2D eigenvalue weighted by atomic mass is 10.2. The molecule has 0 aliphatic rings. The molecule has 0 spiro atoms. The van der Waals surface area contributed by atoms with Crippen molar-refractivity contribution < 1.29 is 17.9 Å². The Morgan fingerprint density at radius 1 is 1.14 bits per heavy atom. The number of hydrogen-bond donors (Lipinski definition) is 1. The van der Waals surface area contributed by atoms with Gasteiger partial charge in [-0.25, -0.2) is 8.42 Å². The molecule has 0 aromatic heterocycles. The zero-order valence-electron chi connectivity index (χ0n) is 11.9. The third-order valence-corrected chi connectivity index (χ3v) is 4.82. The number of methoxy groups -OCH3 is 1. The Labute approximate surface area is 128 Å². The van der Waals surface area contributed by atoms with Crippen molar-refractivity contribution in [3.63, 3.8) is 0 Å². The summed E-state index contributed by atoms with van der Waals surface area (Å²) in [5, 5.41) is 0. The molecular weight excluding hydrogens is 302 g/mol. The third kappa shape index (κ3) is 3.35. The Balaban J connectivity index is 2.64. The fourth-order valence-corrected chi connectivity index (χ4v) is 3.40. The van der Waals surface area contributed by atoms with Crippen LogP contribution in [-0.4, -0.2) is 21.4 Å². The Morgan fingerprint density at radius 3 is 2.41 bits per heavy atom. The minimum absolute atomic E-state index is 0.0514. The molecule has 2 rings (SSSR count). The fraction of sp³-hybridized carbons (Fsp3) is 0.0625. The molecule has 0 atom stereocenters. The van der Waals surface area contributed by atoms with Crippen LogP contribution in [0.15, 0.2) is 64.4 Å². The second kappa shape index (κ2) is 6.44. The van der Waals surface area contributed by atoms with Crippen LogP contribution in [0.1, 0.15) is 5.56 Å². The van der Waals surface area contributed by atoms with Crippen LogP contribution in [0.5, 0.6) is 5.75 Å². The van der Waals surface area contributed by atoms with E-state index < -0.39 is 15.7 Å². The van der Waals surface area contributed by atoms with Gasteiger partial charge in [0, 0.05) is 6.08 Å². The highest BCUT2D eigenvalue weighted by Crippen LogP contribution is 2.28. The first-order chi connectivity index (χ1) is 10.4. The van der Waals surface area contributed by atoms with Crippen molar-refractivity contribution in [3.05, 3.63) is 60.2 Å². The number of carbonyl (C=O) groups excluding carboxylic acids is 1. The van der Waals surface area contributed by atoms with Crippen molar-refractivity contribution in [2.75, 3.05) is 7.11 Å². The molecule has 0 radical (unpaired) electrons. The average molecular weight is 317 g/mol. The van der Waals surface area contributed by atoms with Crippen molar-refractivity contribution in [1.82, 2.24) is 0 Å². The van der Waals surface area contributed by atoms with Crippen LogP contribution in [0.25, 0.3) is 6.08 Å². The summed E-state index contributed by atoms with van der Waals surface area (Å²) in [7, 11) is -2.28. The van der Waals surface area contributed by atoms with Gasteiger partial charge in [0.25, 0.3) is 0 Å². The van der Waals surface area contributed by atoms with E-state index in [-0.39, 0.29) is 9.79 Å². The number of ether oxygens (including phenoxy) is 1. The molecule has 22 heavy (non-hydrogen) atoms. The van der Waals surface area contributed by atoms with Crippen molar-refractivity contribution in [2.24, 2.45) is 5.73 Å². The van der Waals surface area contributed by atoms with E-state index in [2.05, 4.69) is 0 Å². The maximum atomic E-state index is 12.8. The topological polar surface area (TPSA) is 86.5 Å². The van der Waals surface area contributed by atoms with Gasteiger partial charge < -0.3 is 10.5 Å². The molecule has 0 saturated heterocycles. The highest BCUT2D eigenvalue weighted by atomic mass is 32.2. The Bertz CT molecular complexity index is 811. The Hall–Kier alpha value is -2.60. The summed E-state index contributed by atoms with van der Waals surface area (Å²) < 4.78 is 30.6. The number of primary amides is 1. The highest BCUT2D eigenvalue weighted by molar-refractivity contribution is 7.91. The molecule has 114 valence electrons. The molecule has 0 fully saturated rings. The number of rotatable bonds is 5. The van der Waals surface area contributed by atoms with Crippen LogP contribution in [0, 0.1) is 0 Å². The molecule has 0 bridgehead atoms. The number of sulfone groups is 1. The summed E-state index contributed by atoms with van der Waals surface area (Å²) in [6.07, 6.45) is 2.49. The van der Waals surface area contributed by atoms with E-state index >= 15 is 0 Å². The molecule has 0 aliphatic carbocycles. The normalized spacial score (nSPS) is 11.5. The summed E-state index contributed by atoms with van der Waals surface area (Å²) in [6.45, 7) is 0. The molecule has 0 heterocycles. The molecule has 6 heteroatoms. The first kappa shape index (κ1) is 15.8. The molecule has 0 saturated carbocycles. The lowest BCUT2D eigenvalue weighted by Gasteiger charge is -2.10. The van der Waals surface area contributed by atoms with E-state index in [1.807, 2.05) is 0 Å². The standard InChI is InChI=1S/C16H15NO4S/c1-21-13-9-7-12(8-10-16(17)18)15(11-13)22(19,20)14-5-3-2-4-6-14/h2-11H,1H3,(H2,17,18)/b10-8-. The number of amides is 1. The second-order valence-electron chi connectivity index (χ2n) is 4.46. The minimum Gasteiger partial charge on any atom is -0.497 e. The van der Waals surface area contributed by atoms with E-state index in [9.17, 15) is 13.2 Å². The van der Waals surface area contributed by atoms with Gasteiger partial charge in [0.05, 0.1) is 16.9 Å². The smallest absolute Gasteiger partial charge is 0.241 e. The van der Waals surface area contributed by atoms with E-state index in [1.165, 1.54) is 31.4 Å². The fourth-order valence-electron chi connectivity index (χ4n) is 1.91. The maximum absolute atomic E-state index is 12.8. The van der Waals surface area contributed by atoms with Gasteiger partial charge in [0.2, 0.25) is 15.7 Å². The van der Waals surface area contributed by atoms with Crippen molar-refractivity contribution in [3.8, 4) is 5.75 Å². The zero-order valence-corrected chi connectivity index (χ0v) is 12.7. The van der Waals surface area contributed by atoms with Crippen molar-refractivity contribution in [1.29, 1.82) is 0 Å². The minimum atomic E-state index is -3.73. The molecule has 2 aromatic rings. The molecule has 0 aliphatic heterocycles.